The van der Waals surface area contributed by atoms with Crippen molar-refractivity contribution in [2.75, 3.05) is 11.9 Å². The first-order valence-electron chi connectivity index (χ1n) is 6.87. The van der Waals surface area contributed by atoms with Gasteiger partial charge in [0.1, 0.15) is 18.2 Å². The Morgan fingerprint density at radius 3 is 2.78 bits per heavy atom. The highest BCUT2D eigenvalue weighted by molar-refractivity contribution is 7.80. The normalized spacial score (nSPS) is 10.3. The third-order valence-corrected chi connectivity index (χ3v) is 2.90. The van der Waals surface area contributed by atoms with Gasteiger partial charge in [0.2, 0.25) is 0 Å². The molecule has 0 bridgehead atoms. The maximum Gasteiger partial charge on any atom is 0.191 e. The van der Waals surface area contributed by atoms with E-state index in [0.29, 0.717) is 17.4 Å². The summed E-state index contributed by atoms with van der Waals surface area (Å²) in [5.41, 5.74) is 4.24. The monoisotopic (exact) mass is 329 g/mol. The summed E-state index contributed by atoms with van der Waals surface area (Å²) in [6, 6.07) is 13.4. The Bertz CT molecular complexity index is 701. The van der Waals surface area contributed by atoms with Crippen LogP contribution in [0.2, 0.25) is 0 Å². The molecule has 0 spiro atoms. The SMILES string of the molecule is C=CCOc1cccc(C=NNC(=S)Nc2ccc(F)cc2)c1. The topological polar surface area (TPSA) is 45.6 Å². The molecule has 0 aliphatic heterocycles. The van der Waals surface area contributed by atoms with E-state index in [1.165, 1.54) is 12.1 Å². The first kappa shape index (κ1) is 16.6. The fourth-order valence-electron chi connectivity index (χ4n) is 1.70. The lowest BCUT2D eigenvalue weighted by Gasteiger charge is -2.06. The summed E-state index contributed by atoms with van der Waals surface area (Å²) in [6.45, 7) is 4.05. The zero-order valence-electron chi connectivity index (χ0n) is 12.3. The molecule has 2 N–H and O–H groups in total. The van der Waals surface area contributed by atoms with Crippen LogP contribution >= 0.6 is 12.2 Å². The fraction of sp³-hybridized carbons (Fsp3) is 0.0588. The predicted molar refractivity (Wildman–Crippen MR) is 95.5 cm³/mol. The lowest BCUT2D eigenvalue weighted by molar-refractivity contribution is 0.363. The number of ether oxygens (including phenoxy) is 1. The average Bonchev–Trinajstić information content (AvgIpc) is 2.55. The van der Waals surface area contributed by atoms with E-state index in [-0.39, 0.29) is 5.82 Å². The summed E-state index contributed by atoms with van der Waals surface area (Å²) in [7, 11) is 0. The van der Waals surface area contributed by atoms with E-state index in [1.807, 2.05) is 24.3 Å². The Kier molecular flexibility index (Phi) is 6.26. The molecule has 118 valence electrons. The lowest BCUT2D eigenvalue weighted by atomic mass is 10.2. The largest absolute Gasteiger partial charge is 0.490 e. The molecule has 0 saturated heterocycles. The van der Waals surface area contributed by atoms with E-state index in [1.54, 1.807) is 24.4 Å². The van der Waals surface area contributed by atoms with Crippen LogP contribution in [0.15, 0.2) is 66.3 Å². The molecule has 0 atom stereocenters. The summed E-state index contributed by atoms with van der Waals surface area (Å²) >= 11 is 5.10. The van der Waals surface area contributed by atoms with E-state index >= 15 is 0 Å². The van der Waals surface area contributed by atoms with E-state index in [0.717, 1.165) is 11.3 Å². The minimum Gasteiger partial charge on any atom is -0.490 e. The molecule has 4 nitrogen and oxygen atoms in total. The fourth-order valence-corrected chi connectivity index (χ4v) is 1.87. The van der Waals surface area contributed by atoms with Gasteiger partial charge in [-0.2, -0.15) is 5.10 Å². The van der Waals surface area contributed by atoms with E-state index < -0.39 is 0 Å². The Balaban J connectivity index is 1.86. The molecular weight excluding hydrogens is 313 g/mol. The molecule has 2 aromatic carbocycles. The Labute approximate surface area is 139 Å². The second kappa shape index (κ2) is 8.65. The number of nitrogens with zero attached hydrogens (tertiary/aromatic N) is 1. The van der Waals surface area contributed by atoms with Gasteiger partial charge in [0.15, 0.2) is 5.11 Å². The van der Waals surface area contributed by atoms with Gasteiger partial charge >= 0.3 is 0 Å². The lowest BCUT2D eigenvalue weighted by Crippen LogP contribution is -2.23. The van der Waals surface area contributed by atoms with Crippen molar-refractivity contribution >= 4 is 29.2 Å². The molecular formula is C17H16FN3OS. The van der Waals surface area contributed by atoms with Crippen molar-refractivity contribution in [3.05, 3.63) is 72.6 Å². The summed E-state index contributed by atoms with van der Waals surface area (Å²) in [6.07, 6.45) is 3.31. The van der Waals surface area contributed by atoms with Gasteiger partial charge in [0.25, 0.3) is 0 Å². The maximum absolute atomic E-state index is 12.8. The van der Waals surface area contributed by atoms with Crippen molar-refractivity contribution in [2.45, 2.75) is 0 Å². The second-order valence-electron chi connectivity index (χ2n) is 4.50. The Morgan fingerprint density at radius 2 is 2.04 bits per heavy atom. The summed E-state index contributed by atoms with van der Waals surface area (Å²) < 4.78 is 18.3. The standard InChI is InChI=1S/C17H16FN3OS/c1-2-10-22-16-5-3-4-13(11-16)12-19-21-17(23)20-15-8-6-14(18)7-9-15/h2-9,11-12H,1,10H2,(H2,20,21,23). The molecule has 6 heteroatoms. The molecule has 0 heterocycles. The van der Waals surface area contributed by atoms with Gasteiger partial charge in [0, 0.05) is 5.69 Å². The average molecular weight is 329 g/mol. The van der Waals surface area contributed by atoms with Crippen LogP contribution in [0.3, 0.4) is 0 Å². The van der Waals surface area contributed by atoms with E-state index in [2.05, 4.69) is 22.4 Å². The van der Waals surface area contributed by atoms with Gasteiger partial charge in [-0.1, -0.05) is 24.8 Å². The van der Waals surface area contributed by atoms with Gasteiger partial charge in [-0.15, -0.1) is 0 Å². The van der Waals surface area contributed by atoms with Gasteiger partial charge in [-0.05, 0) is 54.2 Å². The molecule has 0 unspecified atom stereocenters. The zero-order valence-corrected chi connectivity index (χ0v) is 13.1. The van der Waals surface area contributed by atoms with Crippen LogP contribution in [0, 0.1) is 5.82 Å². The number of thiocarbonyl (C=S) groups is 1. The molecule has 0 aromatic heterocycles. The Morgan fingerprint density at radius 1 is 1.26 bits per heavy atom. The number of benzene rings is 2. The van der Waals surface area contributed by atoms with Crippen LogP contribution in [-0.4, -0.2) is 17.9 Å². The molecule has 0 saturated carbocycles. The van der Waals surface area contributed by atoms with Crippen LogP contribution in [0.1, 0.15) is 5.56 Å². The number of hydrogen-bond donors (Lipinski definition) is 2. The van der Waals surface area contributed by atoms with Gasteiger partial charge in [0.05, 0.1) is 6.21 Å². The van der Waals surface area contributed by atoms with Crippen molar-refractivity contribution in [2.24, 2.45) is 5.10 Å². The smallest absolute Gasteiger partial charge is 0.191 e. The summed E-state index contributed by atoms with van der Waals surface area (Å²) in [5.74, 6) is 0.437. The molecule has 0 fully saturated rings. The number of nitrogens with one attached hydrogen (secondary N) is 2. The van der Waals surface area contributed by atoms with Crippen LogP contribution in [0.25, 0.3) is 0 Å². The second-order valence-corrected chi connectivity index (χ2v) is 4.91. The van der Waals surface area contributed by atoms with Crippen molar-refractivity contribution in [3.63, 3.8) is 0 Å². The van der Waals surface area contributed by atoms with Crippen molar-refractivity contribution in [1.82, 2.24) is 5.43 Å². The van der Waals surface area contributed by atoms with Gasteiger partial charge in [-0.25, -0.2) is 4.39 Å². The number of anilines is 1. The quantitative estimate of drug-likeness (QED) is 0.367. The molecule has 23 heavy (non-hydrogen) atoms. The highest BCUT2D eigenvalue weighted by Gasteiger charge is 1.97. The molecule has 0 aliphatic carbocycles. The number of rotatable bonds is 6. The minimum atomic E-state index is -0.300. The molecule has 0 amide bonds. The summed E-state index contributed by atoms with van der Waals surface area (Å²) in [4.78, 5) is 0. The highest BCUT2D eigenvalue weighted by Crippen LogP contribution is 2.12. The van der Waals surface area contributed by atoms with Gasteiger partial charge < -0.3 is 10.1 Å². The molecule has 0 radical (unpaired) electrons. The van der Waals surface area contributed by atoms with Crippen molar-refractivity contribution < 1.29 is 9.13 Å². The van der Waals surface area contributed by atoms with Crippen LogP contribution in [0.4, 0.5) is 10.1 Å². The van der Waals surface area contributed by atoms with Crippen LogP contribution in [0.5, 0.6) is 5.75 Å². The number of hydrogen-bond acceptors (Lipinski definition) is 3. The maximum atomic E-state index is 12.8. The molecule has 2 aromatic rings. The van der Waals surface area contributed by atoms with Gasteiger partial charge in [-0.3, -0.25) is 5.43 Å². The third-order valence-electron chi connectivity index (χ3n) is 2.71. The summed E-state index contributed by atoms with van der Waals surface area (Å²) in [5, 5.41) is 7.26. The van der Waals surface area contributed by atoms with E-state index in [9.17, 15) is 4.39 Å². The molecule has 0 aliphatic rings. The van der Waals surface area contributed by atoms with Crippen LogP contribution in [-0.2, 0) is 0 Å². The first-order valence-corrected chi connectivity index (χ1v) is 7.27. The predicted octanol–water partition coefficient (Wildman–Crippen LogP) is 3.71. The number of hydrazone groups is 1. The van der Waals surface area contributed by atoms with Crippen molar-refractivity contribution in [1.29, 1.82) is 0 Å². The minimum absolute atomic E-state index is 0.300. The zero-order chi connectivity index (χ0) is 16.5. The Hall–Kier alpha value is -2.73. The van der Waals surface area contributed by atoms with E-state index in [4.69, 9.17) is 17.0 Å². The highest BCUT2D eigenvalue weighted by atomic mass is 32.1. The number of halogens is 1. The van der Waals surface area contributed by atoms with Crippen LogP contribution < -0.4 is 15.5 Å². The van der Waals surface area contributed by atoms with Crippen molar-refractivity contribution in [3.8, 4) is 5.75 Å². The first-order chi connectivity index (χ1) is 11.2. The molecule has 2 rings (SSSR count). The third kappa shape index (κ3) is 5.88.